The number of ketones is 1. The number of benzene rings is 1. The number of hydrogen-bond acceptors (Lipinski definition) is 3. The van der Waals surface area contributed by atoms with Gasteiger partial charge in [-0.2, -0.15) is 0 Å². The highest BCUT2D eigenvalue weighted by molar-refractivity contribution is 6.30. The summed E-state index contributed by atoms with van der Waals surface area (Å²) in [5.74, 6) is -0.424. The second kappa shape index (κ2) is 5.61. The molecule has 0 N–H and O–H groups in total. The van der Waals surface area contributed by atoms with Crippen LogP contribution >= 0.6 is 11.6 Å². The molecule has 0 spiro atoms. The van der Waals surface area contributed by atoms with E-state index in [2.05, 4.69) is 0 Å². The minimum absolute atomic E-state index is 0.0539. The van der Waals surface area contributed by atoms with Crippen molar-refractivity contribution in [2.75, 3.05) is 6.54 Å². The van der Waals surface area contributed by atoms with Gasteiger partial charge < -0.3 is 4.79 Å². The van der Waals surface area contributed by atoms with E-state index >= 15 is 0 Å². The molecule has 5 heteroatoms. The molecule has 0 radical (unpaired) electrons. The number of carbonyl (C=O) groups is 1. The van der Waals surface area contributed by atoms with Crippen LogP contribution in [-0.2, 0) is 4.79 Å². The second-order valence-electron chi connectivity index (χ2n) is 3.67. The van der Waals surface area contributed by atoms with Crippen LogP contribution in [0.3, 0.4) is 0 Å². The van der Waals surface area contributed by atoms with Crippen LogP contribution in [0.25, 0.3) is 0 Å². The number of halogens is 1. The summed E-state index contributed by atoms with van der Waals surface area (Å²) >= 11 is 5.73. The predicted octanol–water partition coefficient (Wildman–Crippen LogP) is 2.68. The van der Waals surface area contributed by atoms with Gasteiger partial charge in [0.05, 0.1) is 5.92 Å². The minimum Gasteiger partial charge on any atom is -0.300 e. The lowest BCUT2D eigenvalue weighted by atomic mass is 9.94. The number of carbonyl (C=O) groups excluding carboxylic acids is 1. The van der Waals surface area contributed by atoms with Gasteiger partial charge in [-0.15, -0.1) is 0 Å². The molecule has 0 aromatic heterocycles. The van der Waals surface area contributed by atoms with Gasteiger partial charge in [-0.3, -0.25) is 10.1 Å². The van der Waals surface area contributed by atoms with Crippen LogP contribution in [0.1, 0.15) is 24.8 Å². The van der Waals surface area contributed by atoms with Gasteiger partial charge in [-0.25, -0.2) is 0 Å². The van der Waals surface area contributed by atoms with E-state index < -0.39 is 4.92 Å². The molecular formula is C11H12ClNO3. The zero-order valence-corrected chi connectivity index (χ0v) is 9.61. The summed E-state index contributed by atoms with van der Waals surface area (Å²) in [6.45, 7) is 1.20. The van der Waals surface area contributed by atoms with Crippen LogP contribution in [0.2, 0.25) is 5.02 Å². The van der Waals surface area contributed by atoms with Crippen LogP contribution in [-0.4, -0.2) is 17.3 Å². The Morgan fingerprint density at radius 1 is 1.44 bits per heavy atom. The Morgan fingerprint density at radius 2 is 2.00 bits per heavy atom. The molecule has 0 saturated carbocycles. The van der Waals surface area contributed by atoms with Crippen LogP contribution in [0.15, 0.2) is 24.3 Å². The number of nitrogens with zero attached hydrogens (tertiary/aromatic N) is 1. The molecule has 0 aliphatic heterocycles. The Hall–Kier alpha value is -1.42. The van der Waals surface area contributed by atoms with Gasteiger partial charge in [0.2, 0.25) is 6.54 Å². The van der Waals surface area contributed by atoms with E-state index in [1.165, 1.54) is 6.92 Å². The molecule has 0 saturated heterocycles. The summed E-state index contributed by atoms with van der Waals surface area (Å²) in [5, 5.41) is 11.1. The SMILES string of the molecule is CC(=O)C[C@H](C[N+](=O)[O-])c1ccc(Cl)cc1. The Kier molecular flexibility index (Phi) is 4.43. The van der Waals surface area contributed by atoms with Crippen molar-refractivity contribution in [3.8, 4) is 0 Å². The maximum absolute atomic E-state index is 11.0. The summed E-state index contributed by atoms with van der Waals surface area (Å²) in [6, 6.07) is 6.78. The minimum atomic E-state index is -0.401. The van der Waals surface area contributed by atoms with E-state index in [4.69, 9.17) is 11.6 Å². The Balaban J connectivity index is 2.86. The summed E-state index contributed by atoms with van der Waals surface area (Å²) in [6.07, 6.45) is 0.183. The average molecular weight is 242 g/mol. The molecular weight excluding hydrogens is 230 g/mol. The highest BCUT2D eigenvalue weighted by Crippen LogP contribution is 2.22. The van der Waals surface area contributed by atoms with E-state index in [9.17, 15) is 14.9 Å². The molecule has 1 aromatic carbocycles. The zero-order valence-electron chi connectivity index (χ0n) is 8.85. The molecule has 4 nitrogen and oxygen atoms in total. The molecule has 1 aromatic rings. The number of nitro groups is 1. The first-order valence-corrected chi connectivity index (χ1v) is 5.23. The third-order valence-corrected chi connectivity index (χ3v) is 2.50. The molecule has 0 amide bonds. The number of rotatable bonds is 5. The fourth-order valence-electron chi connectivity index (χ4n) is 1.55. The van der Waals surface area contributed by atoms with Gasteiger partial charge in [-0.1, -0.05) is 23.7 Å². The van der Waals surface area contributed by atoms with Crippen molar-refractivity contribution in [2.45, 2.75) is 19.3 Å². The summed E-state index contributed by atoms with van der Waals surface area (Å²) in [7, 11) is 0. The largest absolute Gasteiger partial charge is 0.300 e. The second-order valence-corrected chi connectivity index (χ2v) is 4.11. The standard InChI is InChI=1S/C11H12ClNO3/c1-8(14)6-10(7-13(15)16)9-2-4-11(12)5-3-9/h2-5,10H,6-7H2,1H3/t10-/m1/s1. The van der Waals surface area contributed by atoms with Gasteiger partial charge in [0, 0.05) is 16.4 Å². The quantitative estimate of drug-likeness (QED) is 0.588. The van der Waals surface area contributed by atoms with Crippen molar-refractivity contribution < 1.29 is 9.72 Å². The smallest absolute Gasteiger partial charge is 0.211 e. The van der Waals surface area contributed by atoms with Crippen LogP contribution in [0.4, 0.5) is 0 Å². The van der Waals surface area contributed by atoms with Crippen LogP contribution in [0, 0.1) is 10.1 Å². The Bertz CT molecular complexity index is 373. The lowest BCUT2D eigenvalue weighted by molar-refractivity contribution is -0.483. The van der Waals surface area contributed by atoms with E-state index in [0.29, 0.717) is 5.02 Å². The number of Topliss-reactive ketones (excluding diaryl/α,β-unsaturated/α-hetero) is 1. The first-order chi connectivity index (χ1) is 7.49. The first-order valence-electron chi connectivity index (χ1n) is 4.85. The molecule has 86 valence electrons. The lowest BCUT2D eigenvalue weighted by Crippen LogP contribution is -2.15. The highest BCUT2D eigenvalue weighted by Gasteiger charge is 2.19. The monoisotopic (exact) mass is 241 g/mol. The van der Waals surface area contributed by atoms with Crippen molar-refractivity contribution in [3.63, 3.8) is 0 Å². The lowest BCUT2D eigenvalue weighted by Gasteiger charge is -2.11. The predicted molar refractivity (Wildman–Crippen MR) is 61.4 cm³/mol. The molecule has 0 fully saturated rings. The summed E-state index contributed by atoms with van der Waals surface area (Å²) < 4.78 is 0. The molecule has 0 heterocycles. The van der Waals surface area contributed by atoms with Crippen LogP contribution in [0.5, 0.6) is 0 Å². The van der Waals surface area contributed by atoms with E-state index in [1.807, 2.05) is 0 Å². The van der Waals surface area contributed by atoms with Gasteiger partial charge in [0.25, 0.3) is 0 Å². The van der Waals surface area contributed by atoms with Crippen molar-refractivity contribution in [1.29, 1.82) is 0 Å². The Morgan fingerprint density at radius 3 is 2.44 bits per heavy atom. The fourth-order valence-corrected chi connectivity index (χ4v) is 1.68. The zero-order chi connectivity index (χ0) is 12.1. The normalized spacial score (nSPS) is 12.1. The van der Waals surface area contributed by atoms with Crippen molar-refractivity contribution >= 4 is 17.4 Å². The molecule has 0 unspecified atom stereocenters. The van der Waals surface area contributed by atoms with Gasteiger partial charge in [0.1, 0.15) is 5.78 Å². The summed E-state index contributed by atoms with van der Waals surface area (Å²) in [5.41, 5.74) is 0.774. The van der Waals surface area contributed by atoms with E-state index in [0.717, 1.165) is 5.56 Å². The highest BCUT2D eigenvalue weighted by atomic mass is 35.5. The fraction of sp³-hybridized carbons (Fsp3) is 0.364. The van der Waals surface area contributed by atoms with Crippen molar-refractivity contribution in [3.05, 3.63) is 45.0 Å². The third kappa shape index (κ3) is 3.98. The molecule has 0 aliphatic rings. The maximum Gasteiger partial charge on any atom is 0.211 e. The third-order valence-electron chi connectivity index (χ3n) is 2.24. The van der Waals surface area contributed by atoms with E-state index in [1.54, 1.807) is 24.3 Å². The molecule has 1 atom stereocenters. The maximum atomic E-state index is 11.0. The molecule has 16 heavy (non-hydrogen) atoms. The van der Waals surface area contributed by atoms with Crippen LogP contribution < -0.4 is 0 Å². The molecule has 0 aliphatic carbocycles. The first kappa shape index (κ1) is 12.6. The number of hydrogen-bond donors (Lipinski definition) is 0. The topological polar surface area (TPSA) is 60.2 Å². The molecule has 0 bridgehead atoms. The van der Waals surface area contributed by atoms with Gasteiger partial charge >= 0.3 is 0 Å². The van der Waals surface area contributed by atoms with Crippen molar-refractivity contribution in [2.24, 2.45) is 0 Å². The Labute approximate surface area is 98.4 Å². The van der Waals surface area contributed by atoms with Crippen molar-refractivity contribution in [1.82, 2.24) is 0 Å². The summed E-state index contributed by atoms with van der Waals surface area (Å²) in [4.78, 5) is 21.1. The van der Waals surface area contributed by atoms with E-state index in [-0.39, 0.29) is 24.7 Å². The average Bonchev–Trinajstić information content (AvgIpc) is 2.16. The van der Waals surface area contributed by atoms with Gasteiger partial charge in [0.15, 0.2) is 0 Å². The molecule has 1 rings (SSSR count). The van der Waals surface area contributed by atoms with Gasteiger partial charge in [-0.05, 0) is 24.6 Å².